The largest absolute Gasteiger partial charge is 0.324 e. The van der Waals surface area contributed by atoms with Gasteiger partial charge in [0.05, 0.1) is 22.1 Å². The van der Waals surface area contributed by atoms with Crippen LogP contribution in [0.25, 0.3) is 10.2 Å². The zero-order valence-electron chi connectivity index (χ0n) is 17.0. The van der Waals surface area contributed by atoms with Gasteiger partial charge >= 0.3 is 0 Å². The number of hydrogen-bond donors (Lipinski definition) is 1. The molecule has 2 aliphatic rings. The van der Waals surface area contributed by atoms with Crippen LogP contribution in [0.3, 0.4) is 0 Å². The first-order chi connectivity index (χ1) is 13.8. The lowest BCUT2D eigenvalue weighted by Gasteiger charge is -2.25. The van der Waals surface area contributed by atoms with Crippen molar-refractivity contribution in [1.29, 1.82) is 0 Å². The Morgan fingerprint density at radius 2 is 1.50 bits per heavy atom. The van der Waals surface area contributed by atoms with Gasteiger partial charge in [-0.05, 0) is 48.6 Å². The van der Waals surface area contributed by atoms with E-state index in [9.17, 15) is 4.79 Å². The molecule has 2 heterocycles. The molecule has 4 heteroatoms. The van der Waals surface area contributed by atoms with Gasteiger partial charge in [0, 0.05) is 5.92 Å². The lowest BCUT2D eigenvalue weighted by Crippen LogP contribution is -2.24. The van der Waals surface area contributed by atoms with E-state index in [-0.39, 0.29) is 11.8 Å². The van der Waals surface area contributed by atoms with Gasteiger partial charge in [-0.3, -0.25) is 9.78 Å². The van der Waals surface area contributed by atoms with Gasteiger partial charge in [0.15, 0.2) is 0 Å². The lowest BCUT2D eigenvalue weighted by molar-refractivity contribution is -0.120. The number of aromatic nitrogens is 1. The van der Waals surface area contributed by atoms with Crippen LogP contribution in [0.15, 0.2) is 17.6 Å². The summed E-state index contributed by atoms with van der Waals surface area (Å²) in [4.78, 5) is 17.8. The molecule has 2 aromatic rings. The number of nitrogens with zero attached hydrogens (tertiary/aromatic N) is 1. The number of nitrogens with one attached hydrogen (secondary N) is 1. The highest BCUT2D eigenvalue weighted by atomic mass is 32.1. The average molecular weight is 399 g/mol. The minimum absolute atomic E-state index is 0.171. The fraction of sp³-hybridized carbons (Fsp3) is 0.667. The molecular weight excluding hydrogens is 364 g/mol. The van der Waals surface area contributed by atoms with Crippen LogP contribution in [-0.2, 0) is 4.79 Å². The Morgan fingerprint density at radius 3 is 2.18 bits per heavy atom. The number of hydrogen-bond acceptors (Lipinski definition) is 3. The van der Waals surface area contributed by atoms with Crippen molar-refractivity contribution >= 4 is 33.1 Å². The molecule has 0 atom stereocenters. The van der Waals surface area contributed by atoms with Crippen LogP contribution in [0, 0.1) is 5.92 Å². The van der Waals surface area contributed by atoms with Crippen LogP contribution >= 0.6 is 11.3 Å². The van der Waals surface area contributed by atoms with Crippen LogP contribution < -0.4 is 5.32 Å². The highest BCUT2D eigenvalue weighted by Gasteiger charge is 2.25. The zero-order valence-corrected chi connectivity index (χ0v) is 17.9. The van der Waals surface area contributed by atoms with Crippen LogP contribution in [0.5, 0.6) is 0 Å². The molecule has 2 aliphatic carbocycles. The van der Waals surface area contributed by atoms with E-state index in [1.165, 1.54) is 87.3 Å². The Bertz CT molecular complexity index is 768. The average Bonchev–Trinajstić information content (AvgIpc) is 3.10. The van der Waals surface area contributed by atoms with Crippen molar-refractivity contribution in [3.05, 3.63) is 23.2 Å². The summed E-state index contributed by atoms with van der Waals surface area (Å²) in [7, 11) is 0. The lowest BCUT2D eigenvalue weighted by atomic mass is 9.85. The Hall–Kier alpha value is -1.42. The maximum Gasteiger partial charge on any atom is 0.227 e. The first-order valence-corrected chi connectivity index (χ1v) is 12.4. The summed E-state index contributed by atoms with van der Waals surface area (Å²) in [5.74, 6) is 0.952. The molecule has 152 valence electrons. The standard InChI is InChI=1S/C24H34N2OS/c27-24(19-13-9-5-2-6-10-14-19)26-21-17-25-20-15-16-28-23(20)22(21)18-11-7-3-1-4-8-12-18/h15-19H,1-14H2,(H,26,27). The van der Waals surface area contributed by atoms with E-state index in [4.69, 9.17) is 0 Å². The quantitative estimate of drug-likeness (QED) is 0.584. The van der Waals surface area contributed by atoms with E-state index >= 15 is 0 Å². The van der Waals surface area contributed by atoms with Crippen molar-refractivity contribution in [3.8, 4) is 0 Å². The van der Waals surface area contributed by atoms with Gasteiger partial charge in [-0.1, -0.05) is 64.2 Å². The van der Waals surface area contributed by atoms with Crippen molar-refractivity contribution in [2.75, 3.05) is 5.32 Å². The van der Waals surface area contributed by atoms with Crippen LogP contribution in [-0.4, -0.2) is 10.9 Å². The minimum atomic E-state index is 0.171. The van der Waals surface area contributed by atoms with Crippen LogP contribution in [0.2, 0.25) is 0 Å². The molecule has 0 bridgehead atoms. The van der Waals surface area contributed by atoms with Gasteiger partial charge in [-0.2, -0.15) is 0 Å². The van der Waals surface area contributed by atoms with E-state index in [1.54, 1.807) is 11.3 Å². The molecule has 0 radical (unpaired) electrons. The highest BCUT2D eigenvalue weighted by Crippen LogP contribution is 2.41. The van der Waals surface area contributed by atoms with Crippen molar-refractivity contribution in [1.82, 2.24) is 4.98 Å². The number of carbonyl (C=O) groups is 1. The predicted molar refractivity (Wildman–Crippen MR) is 119 cm³/mol. The van der Waals surface area contributed by atoms with E-state index < -0.39 is 0 Å². The normalized spacial score (nSPS) is 20.9. The second kappa shape index (κ2) is 9.87. The smallest absolute Gasteiger partial charge is 0.227 e. The van der Waals surface area contributed by atoms with Crippen molar-refractivity contribution in [2.24, 2.45) is 5.92 Å². The number of amides is 1. The van der Waals surface area contributed by atoms with E-state index in [2.05, 4.69) is 21.7 Å². The van der Waals surface area contributed by atoms with Crippen molar-refractivity contribution in [2.45, 2.75) is 95.8 Å². The van der Waals surface area contributed by atoms with E-state index in [0.29, 0.717) is 5.92 Å². The SMILES string of the molecule is O=C(Nc1cnc2ccsc2c1C1CCCCCCC1)C1CCCCCCC1. The molecule has 0 saturated heterocycles. The summed E-state index contributed by atoms with van der Waals surface area (Å²) >= 11 is 1.79. The molecule has 0 aliphatic heterocycles. The van der Waals surface area contributed by atoms with E-state index in [1.807, 2.05) is 6.20 Å². The summed E-state index contributed by atoms with van der Waals surface area (Å²) < 4.78 is 1.29. The topological polar surface area (TPSA) is 42.0 Å². The Labute approximate surface area is 173 Å². The Morgan fingerprint density at radius 1 is 0.893 bits per heavy atom. The molecule has 1 amide bonds. The fourth-order valence-corrected chi connectivity index (χ4v) is 6.11. The monoisotopic (exact) mass is 398 g/mol. The molecular formula is C24H34N2OS. The van der Waals surface area contributed by atoms with Gasteiger partial charge in [0.1, 0.15) is 0 Å². The Kier molecular flexibility index (Phi) is 7.00. The summed E-state index contributed by atoms with van der Waals surface area (Å²) in [6.07, 6.45) is 19.4. The first-order valence-electron chi connectivity index (χ1n) is 11.5. The first kappa shape index (κ1) is 19.9. The molecule has 2 fully saturated rings. The van der Waals surface area contributed by atoms with Crippen LogP contribution in [0.1, 0.15) is 101 Å². The van der Waals surface area contributed by atoms with Gasteiger partial charge in [-0.25, -0.2) is 0 Å². The van der Waals surface area contributed by atoms with Crippen molar-refractivity contribution in [3.63, 3.8) is 0 Å². The van der Waals surface area contributed by atoms with Gasteiger partial charge in [0.25, 0.3) is 0 Å². The highest BCUT2D eigenvalue weighted by molar-refractivity contribution is 7.17. The molecule has 1 N–H and O–H groups in total. The molecule has 0 spiro atoms. The fourth-order valence-electron chi connectivity index (χ4n) is 5.13. The molecule has 0 unspecified atom stereocenters. The number of fused-ring (bicyclic) bond motifs is 1. The second-order valence-electron chi connectivity index (χ2n) is 8.79. The number of pyridine rings is 1. The summed E-state index contributed by atoms with van der Waals surface area (Å²) in [5.41, 5.74) is 3.46. The van der Waals surface area contributed by atoms with Gasteiger partial charge in [0.2, 0.25) is 5.91 Å². The van der Waals surface area contributed by atoms with Gasteiger partial charge in [-0.15, -0.1) is 11.3 Å². The summed E-state index contributed by atoms with van der Waals surface area (Å²) in [6, 6.07) is 2.12. The van der Waals surface area contributed by atoms with Crippen LogP contribution in [0.4, 0.5) is 5.69 Å². The van der Waals surface area contributed by atoms with Gasteiger partial charge < -0.3 is 5.32 Å². The molecule has 2 saturated carbocycles. The summed E-state index contributed by atoms with van der Waals surface area (Å²) in [6.45, 7) is 0. The number of thiophene rings is 1. The Balaban J connectivity index is 1.59. The summed E-state index contributed by atoms with van der Waals surface area (Å²) in [5, 5.41) is 5.49. The maximum absolute atomic E-state index is 13.1. The zero-order chi connectivity index (χ0) is 19.2. The molecule has 0 aromatic carbocycles. The maximum atomic E-state index is 13.1. The second-order valence-corrected chi connectivity index (χ2v) is 9.71. The van der Waals surface area contributed by atoms with E-state index in [0.717, 1.165) is 24.0 Å². The predicted octanol–water partition coefficient (Wildman–Crippen LogP) is 7.42. The molecule has 2 aromatic heterocycles. The number of anilines is 1. The third-order valence-electron chi connectivity index (χ3n) is 6.76. The minimum Gasteiger partial charge on any atom is -0.324 e. The molecule has 4 rings (SSSR count). The molecule has 3 nitrogen and oxygen atoms in total. The third-order valence-corrected chi connectivity index (χ3v) is 7.70. The number of rotatable bonds is 3. The third kappa shape index (κ3) is 4.76. The van der Waals surface area contributed by atoms with Crippen molar-refractivity contribution < 1.29 is 4.79 Å². The number of carbonyl (C=O) groups excluding carboxylic acids is 1. The molecule has 28 heavy (non-hydrogen) atoms.